The molecule has 1 amide bonds. The van der Waals surface area contributed by atoms with Gasteiger partial charge in [0.15, 0.2) is 0 Å². The molecule has 0 aliphatic rings. The molecule has 0 spiro atoms. The lowest BCUT2D eigenvalue weighted by molar-refractivity contribution is 0.0952. The Bertz CT molecular complexity index is 842. The van der Waals surface area contributed by atoms with E-state index in [4.69, 9.17) is 4.74 Å². The van der Waals surface area contributed by atoms with E-state index >= 15 is 0 Å². The number of amides is 1. The van der Waals surface area contributed by atoms with Gasteiger partial charge in [-0.1, -0.05) is 30.3 Å². The maximum Gasteiger partial charge on any atom is 0.252 e. The maximum atomic E-state index is 12.5. The lowest BCUT2D eigenvalue weighted by Gasteiger charge is -2.09. The van der Waals surface area contributed by atoms with E-state index in [0.29, 0.717) is 12.1 Å². The predicted octanol–water partition coefficient (Wildman–Crippen LogP) is 3.48. The zero-order valence-electron chi connectivity index (χ0n) is 13.2. The SMILES string of the molecule is COc1ccc(CNC(=O)c2cc(C)nc3ccccc23)cc1. The summed E-state index contributed by atoms with van der Waals surface area (Å²) in [5.41, 5.74) is 3.34. The van der Waals surface area contributed by atoms with E-state index in [1.165, 1.54) is 0 Å². The van der Waals surface area contributed by atoms with E-state index in [0.717, 1.165) is 27.9 Å². The van der Waals surface area contributed by atoms with Crippen molar-refractivity contribution in [3.05, 3.63) is 71.4 Å². The van der Waals surface area contributed by atoms with Crippen molar-refractivity contribution in [2.45, 2.75) is 13.5 Å². The zero-order valence-corrected chi connectivity index (χ0v) is 13.2. The molecule has 4 heteroatoms. The maximum absolute atomic E-state index is 12.5. The fourth-order valence-corrected chi connectivity index (χ4v) is 2.52. The molecule has 3 aromatic rings. The lowest BCUT2D eigenvalue weighted by atomic mass is 10.1. The number of carbonyl (C=O) groups excluding carboxylic acids is 1. The summed E-state index contributed by atoms with van der Waals surface area (Å²) >= 11 is 0. The molecular weight excluding hydrogens is 288 g/mol. The van der Waals surface area contributed by atoms with Crippen LogP contribution in [0.25, 0.3) is 10.9 Å². The fraction of sp³-hybridized carbons (Fsp3) is 0.158. The second kappa shape index (κ2) is 6.48. The van der Waals surface area contributed by atoms with Crippen LogP contribution in [-0.2, 0) is 6.54 Å². The Morgan fingerprint density at radius 2 is 1.87 bits per heavy atom. The number of aryl methyl sites for hydroxylation is 1. The first-order chi connectivity index (χ1) is 11.2. The Morgan fingerprint density at radius 1 is 1.13 bits per heavy atom. The highest BCUT2D eigenvalue weighted by atomic mass is 16.5. The summed E-state index contributed by atoms with van der Waals surface area (Å²) < 4.78 is 5.13. The van der Waals surface area contributed by atoms with Crippen LogP contribution in [0.4, 0.5) is 0 Å². The van der Waals surface area contributed by atoms with E-state index in [1.54, 1.807) is 7.11 Å². The Balaban J connectivity index is 1.80. The van der Waals surface area contributed by atoms with E-state index in [9.17, 15) is 4.79 Å². The van der Waals surface area contributed by atoms with Crippen LogP contribution in [0.3, 0.4) is 0 Å². The van der Waals surface area contributed by atoms with Gasteiger partial charge < -0.3 is 10.1 Å². The Labute approximate surface area is 135 Å². The Morgan fingerprint density at radius 3 is 2.61 bits per heavy atom. The third-order valence-electron chi connectivity index (χ3n) is 3.70. The first kappa shape index (κ1) is 15.0. The summed E-state index contributed by atoms with van der Waals surface area (Å²) in [7, 11) is 1.63. The van der Waals surface area contributed by atoms with Gasteiger partial charge in [-0.15, -0.1) is 0 Å². The summed E-state index contributed by atoms with van der Waals surface area (Å²) in [5.74, 6) is 0.707. The molecule has 1 N–H and O–H groups in total. The number of methoxy groups -OCH3 is 1. The van der Waals surface area contributed by atoms with Crippen molar-refractivity contribution in [3.63, 3.8) is 0 Å². The molecule has 0 radical (unpaired) electrons. The topological polar surface area (TPSA) is 51.2 Å². The number of ether oxygens (including phenoxy) is 1. The van der Waals surface area contributed by atoms with Gasteiger partial charge in [0, 0.05) is 17.6 Å². The van der Waals surface area contributed by atoms with Crippen molar-refractivity contribution in [1.82, 2.24) is 10.3 Å². The van der Waals surface area contributed by atoms with Gasteiger partial charge in [-0.25, -0.2) is 0 Å². The molecule has 0 fully saturated rings. The number of carbonyl (C=O) groups is 1. The monoisotopic (exact) mass is 306 g/mol. The first-order valence-corrected chi connectivity index (χ1v) is 7.45. The van der Waals surface area contributed by atoms with Crippen molar-refractivity contribution in [3.8, 4) is 5.75 Å². The van der Waals surface area contributed by atoms with E-state index in [-0.39, 0.29) is 5.91 Å². The van der Waals surface area contributed by atoms with Gasteiger partial charge in [0.25, 0.3) is 5.91 Å². The van der Waals surface area contributed by atoms with Crippen LogP contribution in [0.15, 0.2) is 54.6 Å². The van der Waals surface area contributed by atoms with Gasteiger partial charge in [-0.05, 0) is 36.8 Å². The molecule has 0 aliphatic carbocycles. The highest BCUT2D eigenvalue weighted by Crippen LogP contribution is 2.18. The molecule has 116 valence electrons. The number of nitrogens with zero attached hydrogens (tertiary/aromatic N) is 1. The largest absolute Gasteiger partial charge is 0.497 e. The molecule has 4 nitrogen and oxygen atoms in total. The number of para-hydroxylation sites is 1. The number of pyridine rings is 1. The zero-order chi connectivity index (χ0) is 16.2. The molecule has 2 aromatic carbocycles. The Hall–Kier alpha value is -2.88. The van der Waals surface area contributed by atoms with Crippen LogP contribution >= 0.6 is 0 Å². The average molecular weight is 306 g/mol. The second-order valence-corrected chi connectivity index (χ2v) is 5.36. The predicted molar refractivity (Wildman–Crippen MR) is 90.6 cm³/mol. The fourth-order valence-electron chi connectivity index (χ4n) is 2.52. The highest BCUT2D eigenvalue weighted by molar-refractivity contribution is 6.06. The highest BCUT2D eigenvalue weighted by Gasteiger charge is 2.11. The number of nitrogens with one attached hydrogen (secondary N) is 1. The molecule has 0 atom stereocenters. The smallest absolute Gasteiger partial charge is 0.252 e. The van der Waals surface area contributed by atoms with Crippen molar-refractivity contribution in [1.29, 1.82) is 0 Å². The second-order valence-electron chi connectivity index (χ2n) is 5.36. The average Bonchev–Trinajstić information content (AvgIpc) is 2.59. The number of benzene rings is 2. The lowest BCUT2D eigenvalue weighted by Crippen LogP contribution is -2.23. The van der Waals surface area contributed by atoms with Gasteiger partial charge in [0.05, 0.1) is 18.2 Å². The number of hydrogen-bond donors (Lipinski definition) is 1. The minimum atomic E-state index is -0.0949. The first-order valence-electron chi connectivity index (χ1n) is 7.45. The molecule has 1 heterocycles. The molecule has 23 heavy (non-hydrogen) atoms. The molecule has 0 bridgehead atoms. The number of rotatable bonds is 4. The molecule has 3 rings (SSSR count). The van der Waals surface area contributed by atoms with Gasteiger partial charge in [0.1, 0.15) is 5.75 Å². The summed E-state index contributed by atoms with van der Waals surface area (Å²) in [6.45, 7) is 2.37. The quantitative estimate of drug-likeness (QED) is 0.803. The molecular formula is C19H18N2O2. The van der Waals surface area contributed by atoms with Gasteiger partial charge in [-0.2, -0.15) is 0 Å². The minimum absolute atomic E-state index is 0.0949. The summed E-state index contributed by atoms with van der Waals surface area (Å²) in [6.07, 6.45) is 0. The molecule has 0 saturated heterocycles. The summed E-state index contributed by atoms with van der Waals surface area (Å²) in [6, 6.07) is 17.1. The van der Waals surface area contributed by atoms with Gasteiger partial charge >= 0.3 is 0 Å². The van der Waals surface area contributed by atoms with Crippen LogP contribution in [0.1, 0.15) is 21.6 Å². The molecule has 1 aromatic heterocycles. The van der Waals surface area contributed by atoms with Crippen LogP contribution in [0, 0.1) is 6.92 Å². The van der Waals surface area contributed by atoms with E-state index < -0.39 is 0 Å². The third kappa shape index (κ3) is 3.31. The third-order valence-corrected chi connectivity index (χ3v) is 3.70. The van der Waals surface area contributed by atoms with E-state index in [2.05, 4.69) is 10.3 Å². The minimum Gasteiger partial charge on any atom is -0.497 e. The molecule has 0 unspecified atom stereocenters. The summed E-state index contributed by atoms with van der Waals surface area (Å²) in [4.78, 5) is 17.0. The number of aromatic nitrogens is 1. The van der Waals surface area contributed by atoms with Crippen molar-refractivity contribution in [2.24, 2.45) is 0 Å². The van der Waals surface area contributed by atoms with Gasteiger partial charge in [0.2, 0.25) is 0 Å². The van der Waals surface area contributed by atoms with Crippen molar-refractivity contribution >= 4 is 16.8 Å². The molecule has 0 aliphatic heterocycles. The van der Waals surface area contributed by atoms with Crippen LogP contribution in [-0.4, -0.2) is 18.0 Å². The van der Waals surface area contributed by atoms with Crippen LogP contribution < -0.4 is 10.1 Å². The van der Waals surface area contributed by atoms with Crippen molar-refractivity contribution in [2.75, 3.05) is 7.11 Å². The number of hydrogen-bond acceptors (Lipinski definition) is 3. The van der Waals surface area contributed by atoms with Gasteiger partial charge in [-0.3, -0.25) is 9.78 Å². The number of fused-ring (bicyclic) bond motifs is 1. The van der Waals surface area contributed by atoms with Crippen LogP contribution in [0.2, 0.25) is 0 Å². The standard InChI is InChI=1S/C19H18N2O2/c1-13-11-17(16-5-3-4-6-18(16)21-13)19(22)20-12-14-7-9-15(23-2)10-8-14/h3-11H,12H2,1-2H3,(H,20,22). The van der Waals surface area contributed by atoms with Crippen molar-refractivity contribution < 1.29 is 9.53 Å². The van der Waals surface area contributed by atoms with E-state index in [1.807, 2.05) is 61.5 Å². The summed E-state index contributed by atoms with van der Waals surface area (Å²) in [5, 5.41) is 3.83. The van der Waals surface area contributed by atoms with Crippen LogP contribution in [0.5, 0.6) is 5.75 Å². The normalized spacial score (nSPS) is 10.5. The molecule has 0 saturated carbocycles. The Kier molecular flexibility index (Phi) is 4.24.